The summed E-state index contributed by atoms with van der Waals surface area (Å²) in [4.78, 5) is 6.92. The summed E-state index contributed by atoms with van der Waals surface area (Å²) in [6, 6.07) is 15.3. The number of oxazole rings is 1. The van der Waals surface area contributed by atoms with Gasteiger partial charge in [0.15, 0.2) is 5.58 Å². The second-order valence-corrected chi connectivity index (χ2v) is 6.75. The molecule has 1 fully saturated rings. The van der Waals surface area contributed by atoms with Gasteiger partial charge in [-0.25, -0.2) is 0 Å². The minimum Gasteiger partial charge on any atom is -0.423 e. The van der Waals surface area contributed by atoms with E-state index in [0.717, 1.165) is 42.7 Å². The Morgan fingerprint density at radius 1 is 1.29 bits per heavy atom. The first kappa shape index (κ1) is 15.5. The number of nitrogens with zero attached hydrogens (tertiary/aromatic N) is 2. The Kier molecular flexibility index (Phi) is 4.17. The summed E-state index contributed by atoms with van der Waals surface area (Å²) in [7, 11) is 0. The number of halogens is 1. The molecule has 1 aliphatic heterocycles. The van der Waals surface area contributed by atoms with E-state index in [9.17, 15) is 0 Å². The zero-order valence-corrected chi connectivity index (χ0v) is 14.4. The Hall–Kier alpha value is -2.04. The number of aromatic nitrogens is 1. The predicted octanol–water partition coefficient (Wildman–Crippen LogP) is 3.87. The molecule has 0 aliphatic carbocycles. The molecule has 24 heavy (non-hydrogen) atoms. The van der Waals surface area contributed by atoms with Gasteiger partial charge in [-0.2, -0.15) is 4.98 Å². The SMILES string of the molecule is C[C@H]1CNCCN1c1nc2cc(Cl)cc(Cc3ccccc3)c2o1. The summed E-state index contributed by atoms with van der Waals surface area (Å²) in [5, 5.41) is 4.08. The molecule has 5 heteroatoms. The van der Waals surface area contributed by atoms with E-state index in [-0.39, 0.29) is 0 Å². The normalized spacial score (nSPS) is 18.2. The van der Waals surface area contributed by atoms with E-state index in [1.54, 1.807) is 0 Å². The molecular formula is C19H20ClN3O. The molecule has 4 rings (SSSR count). The van der Waals surface area contributed by atoms with E-state index >= 15 is 0 Å². The number of nitrogens with one attached hydrogen (secondary N) is 1. The third-order valence-electron chi connectivity index (χ3n) is 4.50. The maximum Gasteiger partial charge on any atom is 0.298 e. The summed E-state index contributed by atoms with van der Waals surface area (Å²) < 4.78 is 6.16. The first-order chi connectivity index (χ1) is 11.7. The Labute approximate surface area is 146 Å². The molecule has 0 bridgehead atoms. The molecule has 1 atom stereocenters. The molecule has 3 aromatic rings. The molecule has 1 N–H and O–H groups in total. The van der Waals surface area contributed by atoms with Crippen molar-refractivity contribution >= 4 is 28.7 Å². The first-order valence-electron chi connectivity index (χ1n) is 8.31. The molecule has 1 saturated heterocycles. The number of anilines is 1. The van der Waals surface area contributed by atoms with E-state index < -0.39 is 0 Å². The number of piperazine rings is 1. The summed E-state index contributed by atoms with van der Waals surface area (Å²) in [6.07, 6.45) is 0.781. The largest absolute Gasteiger partial charge is 0.423 e. The number of hydrogen-bond acceptors (Lipinski definition) is 4. The lowest BCUT2D eigenvalue weighted by molar-refractivity contribution is 0.455. The summed E-state index contributed by atoms with van der Waals surface area (Å²) in [6.45, 7) is 4.96. The standard InChI is InChI=1S/C19H20ClN3O/c1-13-12-21-7-8-23(13)19-22-17-11-16(20)10-15(18(17)24-19)9-14-5-3-2-4-6-14/h2-6,10-11,13,21H,7-9,12H2,1H3/t13-/m0/s1. The van der Waals surface area contributed by atoms with Gasteiger partial charge in [0.25, 0.3) is 6.01 Å². The van der Waals surface area contributed by atoms with E-state index in [4.69, 9.17) is 21.0 Å². The average Bonchev–Trinajstić information content (AvgIpc) is 3.00. The van der Waals surface area contributed by atoms with Crippen molar-refractivity contribution in [3.8, 4) is 0 Å². The van der Waals surface area contributed by atoms with Crippen LogP contribution in [0.1, 0.15) is 18.1 Å². The van der Waals surface area contributed by atoms with Crippen LogP contribution >= 0.6 is 11.6 Å². The zero-order chi connectivity index (χ0) is 16.5. The molecule has 2 heterocycles. The van der Waals surface area contributed by atoms with Crippen LogP contribution in [-0.2, 0) is 6.42 Å². The van der Waals surface area contributed by atoms with E-state index in [1.165, 1.54) is 5.56 Å². The maximum absolute atomic E-state index is 6.31. The van der Waals surface area contributed by atoms with Crippen molar-refractivity contribution in [1.29, 1.82) is 0 Å². The Morgan fingerprint density at radius 3 is 2.92 bits per heavy atom. The van der Waals surface area contributed by atoms with Gasteiger partial charge >= 0.3 is 0 Å². The first-order valence-corrected chi connectivity index (χ1v) is 8.69. The predicted molar refractivity (Wildman–Crippen MR) is 97.9 cm³/mol. The van der Waals surface area contributed by atoms with Gasteiger partial charge in [-0.05, 0) is 24.6 Å². The Bertz CT molecular complexity index is 846. The van der Waals surface area contributed by atoms with Crippen molar-refractivity contribution in [2.75, 3.05) is 24.5 Å². The van der Waals surface area contributed by atoms with E-state index in [0.29, 0.717) is 17.1 Å². The van der Waals surface area contributed by atoms with Gasteiger partial charge < -0.3 is 14.6 Å². The van der Waals surface area contributed by atoms with Crippen LogP contribution in [0.2, 0.25) is 5.02 Å². The molecule has 1 aromatic heterocycles. The lowest BCUT2D eigenvalue weighted by Gasteiger charge is -2.32. The monoisotopic (exact) mass is 341 g/mol. The van der Waals surface area contributed by atoms with Crippen LogP contribution < -0.4 is 10.2 Å². The van der Waals surface area contributed by atoms with Crippen LogP contribution in [-0.4, -0.2) is 30.7 Å². The van der Waals surface area contributed by atoms with Gasteiger partial charge in [-0.1, -0.05) is 41.9 Å². The highest BCUT2D eigenvalue weighted by molar-refractivity contribution is 6.31. The number of benzene rings is 2. The van der Waals surface area contributed by atoms with Crippen molar-refractivity contribution in [2.24, 2.45) is 0 Å². The second kappa shape index (κ2) is 6.46. The van der Waals surface area contributed by atoms with Crippen molar-refractivity contribution in [3.05, 3.63) is 58.6 Å². The number of hydrogen-bond donors (Lipinski definition) is 1. The van der Waals surface area contributed by atoms with Crippen molar-refractivity contribution in [1.82, 2.24) is 10.3 Å². The fraction of sp³-hybridized carbons (Fsp3) is 0.316. The topological polar surface area (TPSA) is 41.3 Å². The number of rotatable bonds is 3. The Morgan fingerprint density at radius 2 is 2.12 bits per heavy atom. The highest BCUT2D eigenvalue weighted by Crippen LogP contribution is 2.30. The van der Waals surface area contributed by atoms with Crippen LogP contribution in [0.5, 0.6) is 0 Å². The molecule has 0 spiro atoms. The summed E-state index contributed by atoms with van der Waals surface area (Å²) in [5.74, 6) is 0. The highest BCUT2D eigenvalue weighted by Gasteiger charge is 2.23. The lowest BCUT2D eigenvalue weighted by Crippen LogP contribution is -2.50. The van der Waals surface area contributed by atoms with E-state index in [2.05, 4.69) is 29.3 Å². The van der Waals surface area contributed by atoms with Crippen molar-refractivity contribution in [3.63, 3.8) is 0 Å². The van der Waals surface area contributed by atoms with Gasteiger partial charge in [-0.3, -0.25) is 0 Å². The van der Waals surface area contributed by atoms with Crippen LogP contribution in [0.4, 0.5) is 6.01 Å². The van der Waals surface area contributed by atoms with Gasteiger partial charge in [0.05, 0.1) is 0 Å². The van der Waals surface area contributed by atoms with Crippen molar-refractivity contribution < 1.29 is 4.42 Å². The third-order valence-corrected chi connectivity index (χ3v) is 4.72. The van der Waals surface area contributed by atoms with E-state index in [1.807, 2.05) is 30.3 Å². The minimum absolute atomic E-state index is 0.361. The van der Waals surface area contributed by atoms with Crippen LogP contribution in [0.15, 0.2) is 46.9 Å². The molecule has 0 unspecified atom stereocenters. The minimum atomic E-state index is 0.361. The average molecular weight is 342 g/mol. The molecule has 2 aromatic carbocycles. The summed E-state index contributed by atoms with van der Waals surface area (Å²) in [5.41, 5.74) is 3.97. The fourth-order valence-corrected chi connectivity index (χ4v) is 3.48. The molecule has 0 saturated carbocycles. The molecular weight excluding hydrogens is 322 g/mol. The molecule has 0 amide bonds. The van der Waals surface area contributed by atoms with Crippen LogP contribution in [0.25, 0.3) is 11.1 Å². The van der Waals surface area contributed by atoms with Crippen LogP contribution in [0, 0.1) is 0 Å². The Balaban J connectivity index is 1.74. The zero-order valence-electron chi connectivity index (χ0n) is 13.6. The summed E-state index contributed by atoms with van der Waals surface area (Å²) >= 11 is 6.31. The van der Waals surface area contributed by atoms with Crippen molar-refractivity contribution in [2.45, 2.75) is 19.4 Å². The van der Waals surface area contributed by atoms with Gasteiger partial charge in [0.1, 0.15) is 5.52 Å². The van der Waals surface area contributed by atoms with Crippen LogP contribution in [0.3, 0.4) is 0 Å². The lowest BCUT2D eigenvalue weighted by atomic mass is 10.0. The molecule has 124 valence electrons. The highest BCUT2D eigenvalue weighted by atomic mass is 35.5. The van der Waals surface area contributed by atoms with Gasteiger partial charge in [0.2, 0.25) is 0 Å². The second-order valence-electron chi connectivity index (χ2n) is 6.32. The third kappa shape index (κ3) is 2.99. The van der Waals surface area contributed by atoms with Gasteiger partial charge in [0, 0.05) is 42.7 Å². The quantitative estimate of drug-likeness (QED) is 0.785. The maximum atomic E-state index is 6.31. The van der Waals surface area contributed by atoms with Gasteiger partial charge in [-0.15, -0.1) is 0 Å². The fourth-order valence-electron chi connectivity index (χ4n) is 3.25. The number of fused-ring (bicyclic) bond motifs is 1. The molecule has 0 radical (unpaired) electrons. The molecule has 1 aliphatic rings. The molecule has 4 nitrogen and oxygen atoms in total. The smallest absolute Gasteiger partial charge is 0.298 e.